The number of anilines is 3. The number of thiazole rings is 1. The third-order valence-electron chi connectivity index (χ3n) is 4.10. The number of nitrogens with one attached hydrogen (secondary N) is 1. The van der Waals surface area contributed by atoms with Crippen molar-refractivity contribution in [1.29, 1.82) is 0 Å². The van der Waals surface area contributed by atoms with E-state index in [4.69, 9.17) is 5.11 Å². The van der Waals surface area contributed by atoms with Crippen LogP contribution in [0.5, 0.6) is 0 Å². The van der Waals surface area contributed by atoms with Crippen molar-refractivity contribution < 1.29 is 27.9 Å². The molecule has 0 saturated heterocycles. The van der Waals surface area contributed by atoms with E-state index >= 15 is 0 Å². The molecule has 0 aliphatic rings. The van der Waals surface area contributed by atoms with Crippen LogP contribution in [0.3, 0.4) is 0 Å². The molecule has 2 aromatic carbocycles. The van der Waals surface area contributed by atoms with Gasteiger partial charge in [0.05, 0.1) is 11.1 Å². The molecule has 156 valence electrons. The number of aromatic nitrogens is 1. The van der Waals surface area contributed by atoms with Crippen LogP contribution in [0.15, 0.2) is 48.5 Å². The van der Waals surface area contributed by atoms with Gasteiger partial charge in [0.2, 0.25) is 5.78 Å². The monoisotopic (exact) mass is 435 g/mol. The molecule has 3 aromatic rings. The normalized spacial score (nSPS) is 11.2. The fourth-order valence-corrected chi connectivity index (χ4v) is 3.60. The maximum atomic E-state index is 12.9. The zero-order chi connectivity index (χ0) is 22.1. The summed E-state index contributed by atoms with van der Waals surface area (Å²) in [5.74, 6) is -1.04. The predicted molar refractivity (Wildman–Crippen MR) is 108 cm³/mol. The maximum Gasteiger partial charge on any atom is 0.416 e. The van der Waals surface area contributed by atoms with Crippen molar-refractivity contribution in [2.45, 2.75) is 6.18 Å². The number of hydrogen-bond acceptors (Lipinski definition) is 6. The van der Waals surface area contributed by atoms with Gasteiger partial charge in [0.25, 0.3) is 0 Å². The highest BCUT2D eigenvalue weighted by Crippen LogP contribution is 2.34. The van der Waals surface area contributed by atoms with Crippen LogP contribution >= 0.6 is 11.3 Å². The lowest BCUT2D eigenvalue weighted by atomic mass is 10.1. The third kappa shape index (κ3) is 4.60. The molecule has 1 heterocycles. The average Bonchev–Trinajstić information content (AvgIpc) is 3.11. The summed E-state index contributed by atoms with van der Waals surface area (Å²) in [6, 6.07) is 10.0. The van der Waals surface area contributed by atoms with Gasteiger partial charge in [0, 0.05) is 25.3 Å². The van der Waals surface area contributed by atoms with E-state index in [0.29, 0.717) is 27.1 Å². The molecule has 2 N–H and O–H groups in total. The Balaban J connectivity index is 1.87. The lowest BCUT2D eigenvalue weighted by molar-refractivity contribution is -0.137. The van der Waals surface area contributed by atoms with Gasteiger partial charge in [0.15, 0.2) is 10.9 Å². The van der Waals surface area contributed by atoms with E-state index < -0.39 is 17.7 Å². The van der Waals surface area contributed by atoms with Crippen LogP contribution in [0.2, 0.25) is 0 Å². The zero-order valence-electron chi connectivity index (χ0n) is 15.8. The molecule has 3 rings (SSSR count). The van der Waals surface area contributed by atoms with E-state index in [0.717, 1.165) is 23.5 Å². The number of carbonyl (C=O) groups excluding carboxylic acids is 1. The molecular weight excluding hydrogens is 419 g/mol. The minimum absolute atomic E-state index is 0.0633. The topological polar surface area (TPSA) is 82.5 Å². The molecule has 0 bridgehead atoms. The zero-order valence-corrected chi connectivity index (χ0v) is 16.6. The van der Waals surface area contributed by atoms with Crippen molar-refractivity contribution >= 4 is 39.7 Å². The number of ketones is 1. The summed E-state index contributed by atoms with van der Waals surface area (Å²) < 4.78 is 38.1. The smallest absolute Gasteiger partial charge is 0.416 e. The largest absolute Gasteiger partial charge is 0.478 e. The molecular formula is C20H16F3N3O3S. The predicted octanol–water partition coefficient (Wildman–Crippen LogP) is 4.90. The Morgan fingerprint density at radius 2 is 1.57 bits per heavy atom. The summed E-state index contributed by atoms with van der Waals surface area (Å²) in [6.45, 7) is 0. The highest BCUT2D eigenvalue weighted by Gasteiger charge is 2.30. The first kappa shape index (κ1) is 21.3. The second-order valence-electron chi connectivity index (χ2n) is 6.48. The summed E-state index contributed by atoms with van der Waals surface area (Å²) in [4.78, 5) is 30.2. The number of benzene rings is 2. The molecule has 0 aliphatic carbocycles. The molecule has 0 radical (unpaired) electrons. The Hall–Kier alpha value is -3.40. The second-order valence-corrected chi connectivity index (χ2v) is 7.48. The summed E-state index contributed by atoms with van der Waals surface area (Å²) in [5.41, 5.74) is -0.00473. The molecule has 0 unspecified atom stereocenters. The first-order chi connectivity index (χ1) is 14.1. The number of carboxylic acids is 1. The van der Waals surface area contributed by atoms with Gasteiger partial charge in [-0.05, 0) is 36.4 Å². The van der Waals surface area contributed by atoms with Gasteiger partial charge < -0.3 is 15.3 Å². The highest BCUT2D eigenvalue weighted by molar-refractivity contribution is 7.18. The molecule has 0 spiro atoms. The van der Waals surface area contributed by atoms with Crippen molar-refractivity contribution in [2.24, 2.45) is 0 Å². The fourth-order valence-electron chi connectivity index (χ4n) is 2.58. The molecule has 6 nitrogen and oxygen atoms in total. The maximum absolute atomic E-state index is 12.9. The molecule has 10 heteroatoms. The van der Waals surface area contributed by atoms with E-state index in [2.05, 4.69) is 10.3 Å². The SMILES string of the molecule is CN(C)c1nc(Nc2ccc(C(F)(F)F)cc2)sc1C(=O)c1ccc(C(=O)O)cc1. The Kier molecular flexibility index (Phi) is 5.79. The minimum atomic E-state index is -4.42. The Morgan fingerprint density at radius 1 is 1.00 bits per heavy atom. The summed E-state index contributed by atoms with van der Waals surface area (Å²) in [6.07, 6.45) is -4.42. The van der Waals surface area contributed by atoms with Gasteiger partial charge >= 0.3 is 12.1 Å². The molecule has 0 saturated carbocycles. The van der Waals surface area contributed by atoms with Crippen LogP contribution in [0.25, 0.3) is 0 Å². The third-order valence-corrected chi connectivity index (χ3v) is 5.06. The van der Waals surface area contributed by atoms with E-state index in [1.165, 1.54) is 36.4 Å². The summed E-state index contributed by atoms with van der Waals surface area (Å²) >= 11 is 1.05. The van der Waals surface area contributed by atoms with Gasteiger partial charge in [0.1, 0.15) is 4.88 Å². The van der Waals surface area contributed by atoms with Crippen molar-refractivity contribution in [2.75, 3.05) is 24.3 Å². The lowest BCUT2D eigenvalue weighted by Gasteiger charge is -2.10. The van der Waals surface area contributed by atoms with Gasteiger partial charge in [-0.15, -0.1) is 0 Å². The van der Waals surface area contributed by atoms with Crippen molar-refractivity contribution in [3.63, 3.8) is 0 Å². The first-order valence-electron chi connectivity index (χ1n) is 8.57. The van der Waals surface area contributed by atoms with Crippen LogP contribution in [-0.2, 0) is 6.18 Å². The average molecular weight is 435 g/mol. The van der Waals surface area contributed by atoms with Gasteiger partial charge in [-0.1, -0.05) is 23.5 Å². The number of rotatable bonds is 6. The van der Waals surface area contributed by atoms with E-state index in [1.54, 1.807) is 19.0 Å². The molecule has 0 aliphatic heterocycles. The van der Waals surface area contributed by atoms with Crippen LogP contribution < -0.4 is 10.2 Å². The molecule has 0 atom stereocenters. The molecule has 0 amide bonds. The number of nitrogens with zero attached hydrogens (tertiary/aromatic N) is 2. The van der Waals surface area contributed by atoms with Gasteiger partial charge in [-0.2, -0.15) is 13.2 Å². The Labute approximate surface area is 173 Å². The Bertz CT molecular complexity index is 1080. The van der Waals surface area contributed by atoms with E-state index in [1.807, 2.05) is 0 Å². The number of carbonyl (C=O) groups is 2. The number of hydrogen-bond donors (Lipinski definition) is 2. The standard InChI is InChI=1S/C20H16F3N3O3S/c1-26(2)17-16(15(27)11-3-5-12(6-4-11)18(28)29)30-19(25-17)24-14-9-7-13(8-10-14)20(21,22)23/h3-10H,1-2H3,(H,24,25)(H,28,29). The number of alkyl halides is 3. The highest BCUT2D eigenvalue weighted by atomic mass is 32.1. The van der Waals surface area contributed by atoms with Crippen LogP contribution in [0, 0.1) is 0 Å². The van der Waals surface area contributed by atoms with Crippen LogP contribution in [0.4, 0.5) is 29.8 Å². The molecule has 1 aromatic heterocycles. The molecule has 30 heavy (non-hydrogen) atoms. The molecule has 0 fully saturated rings. The van der Waals surface area contributed by atoms with Gasteiger partial charge in [-0.25, -0.2) is 9.78 Å². The van der Waals surface area contributed by atoms with Crippen LogP contribution in [0.1, 0.15) is 31.2 Å². The minimum Gasteiger partial charge on any atom is -0.478 e. The van der Waals surface area contributed by atoms with E-state index in [9.17, 15) is 22.8 Å². The van der Waals surface area contributed by atoms with Gasteiger partial charge in [-0.3, -0.25) is 4.79 Å². The quantitative estimate of drug-likeness (QED) is 0.536. The van der Waals surface area contributed by atoms with E-state index in [-0.39, 0.29) is 11.3 Å². The Morgan fingerprint density at radius 3 is 2.07 bits per heavy atom. The van der Waals surface area contributed by atoms with Crippen molar-refractivity contribution in [1.82, 2.24) is 4.98 Å². The number of halogens is 3. The lowest BCUT2D eigenvalue weighted by Crippen LogP contribution is -2.13. The number of carboxylic acid groups (broad SMARTS) is 1. The first-order valence-corrected chi connectivity index (χ1v) is 9.38. The van der Waals surface area contributed by atoms with Crippen molar-refractivity contribution in [3.05, 3.63) is 70.1 Å². The van der Waals surface area contributed by atoms with Crippen molar-refractivity contribution in [3.8, 4) is 0 Å². The summed E-state index contributed by atoms with van der Waals surface area (Å²) in [7, 11) is 3.42. The summed E-state index contributed by atoms with van der Waals surface area (Å²) in [5, 5.41) is 12.2. The second kappa shape index (κ2) is 8.15. The fraction of sp³-hybridized carbons (Fsp3) is 0.150. The van der Waals surface area contributed by atoms with Crippen LogP contribution in [-0.4, -0.2) is 35.9 Å². The number of aromatic carboxylic acids is 1.